The van der Waals surface area contributed by atoms with E-state index in [2.05, 4.69) is 16.0 Å². The molecule has 1 fully saturated rings. The number of hydrogen-bond donors (Lipinski definition) is 3. The van der Waals surface area contributed by atoms with Crippen LogP contribution in [0.25, 0.3) is 0 Å². The van der Waals surface area contributed by atoms with Gasteiger partial charge < -0.3 is 24.8 Å². The van der Waals surface area contributed by atoms with E-state index >= 15 is 0 Å². The van der Waals surface area contributed by atoms with Crippen LogP contribution in [0.4, 0.5) is 4.79 Å². The van der Waals surface area contributed by atoms with Gasteiger partial charge in [-0.1, -0.05) is 12.1 Å². The van der Waals surface area contributed by atoms with Crippen LogP contribution in [0.1, 0.15) is 45.1 Å². The van der Waals surface area contributed by atoms with Gasteiger partial charge in [-0.3, -0.25) is 19.7 Å². The van der Waals surface area contributed by atoms with E-state index in [0.717, 1.165) is 5.56 Å². The molecule has 1 atom stereocenters. The highest BCUT2D eigenvalue weighted by Gasteiger charge is 2.27. The Morgan fingerprint density at radius 3 is 2.34 bits per heavy atom. The average molecular weight is 450 g/mol. The maximum Gasteiger partial charge on any atom is 0.407 e. The molecule has 3 N–H and O–H groups in total. The zero-order valence-electron chi connectivity index (χ0n) is 18.7. The quantitative estimate of drug-likeness (QED) is 0.362. The number of ether oxygens (including phenoxy) is 3. The van der Waals surface area contributed by atoms with Crippen molar-refractivity contribution in [3.63, 3.8) is 0 Å². The number of hydrogen-bond acceptors (Lipinski definition) is 7. The van der Waals surface area contributed by atoms with Gasteiger partial charge >= 0.3 is 6.09 Å². The van der Waals surface area contributed by atoms with Crippen molar-refractivity contribution < 1.29 is 33.4 Å². The van der Waals surface area contributed by atoms with Gasteiger partial charge in [0.05, 0.1) is 19.1 Å². The summed E-state index contributed by atoms with van der Waals surface area (Å²) >= 11 is 0. The maximum atomic E-state index is 11.9. The number of piperidine rings is 1. The Bertz CT molecular complexity index is 803. The third-order valence-electron chi connectivity index (χ3n) is 4.37. The lowest BCUT2D eigenvalue weighted by Gasteiger charge is -2.21. The zero-order valence-corrected chi connectivity index (χ0v) is 18.7. The van der Waals surface area contributed by atoms with Gasteiger partial charge in [0.25, 0.3) is 5.91 Å². The lowest BCUT2D eigenvalue weighted by atomic mass is 9.90. The summed E-state index contributed by atoms with van der Waals surface area (Å²) < 4.78 is 15.9. The summed E-state index contributed by atoms with van der Waals surface area (Å²) in [5, 5.41) is 7.58. The van der Waals surface area contributed by atoms with Gasteiger partial charge in [-0.2, -0.15) is 0 Å². The molecule has 10 nitrogen and oxygen atoms in total. The average Bonchev–Trinajstić information content (AvgIpc) is 2.71. The third-order valence-corrected chi connectivity index (χ3v) is 4.37. The Morgan fingerprint density at radius 2 is 1.72 bits per heavy atom. The molecule has 0 bridgehead atoms. The number of benzene rings is 1. The molecule has 0 saturated carbocycles. The van der Waals surface area contributed by atoms with Crippen LogP contribution >= 0.6 is 0 Å². The second kappa shape index (κ2) is 12.0. The molecule has 1 aliphatic rings. The molecule has 2 rings (SSSR count). The summed E-state index contributed by atoms with van der Waals surface area (Å²) in [6, 6.07) is 6.89. The molecule has 176 valence electrons. The number of rotatable bonds is 10. The molecule has 10 heteroatoms. The molecule has 1 aromatic rings. The van der Waals surface area contributed by atoms with E-state index in [1.807, 2.05) is 0 Å². The van der Waals surface area contributed by atoms with E-state index < -0.39 is 11.7 Å². The number of imide groups is 1. The molecule has 0 spiro atoms. The summed E-state index contributed by atoms with van der Waals surface area (Å²) in [6.07, 6.45) is 0.294. The van der Waals surface area contributed by atoms with Crippen LogP contribution in [-0.4, -0.2) is 62.3 Å². The minimum absolute atomic E-state index is 0.155. The van der Waals surface area contributed by atoms with Gasteiger partial charge in [0.1, 0.15) is 11.4 Å². The molecule has 0 radical (unpaired) electrons. The van der Waals surface area contributed by atoms with Crippen molar-refractivity contribution in [2.75, 3.05) is 32.9 Å². The smallest absolute Gasteiger partial charge is 0.407 e. The highest BCUT2D eigenvalue weighted by Crippen LogP contribution is 2.26. The van der Waals surface area contributed by atoms with Gasteiger partial charge in [-0.05, 0) is 44.9 Å². The molecular formula is C22H31N3O7. The van der Waals surface area contributed by atoms with Crippen LogP contribution in [0.5, 0.6) is 5.75 Å². The first-order valence-corrected chi connectivity index (χ1v) is 10.5. The Hall–Kier alpha value is -3.14. The van der Waals surface area contributed by atoms with E-state index in [0.29, 0.717) is 44.9 Å². The Balaban J connectivity index is 1.56. The largest absolute Gasteiger partial charge is 0.484 e. The van der Waals surface area contributed by atoms with E-state index in [1.165, 1.54) is 0 Å². The Morgan fingerprint density at radius 1 is 1.06 bits per heavy atom. The fourth-order valence-corrected chi connectivity index (χ4v) is 2.91. The van der Waals surface area contributed by atoms with Crippen LogP contribution in [0.3, 0.4) is 0 Å². The normalized spacial score (nSPS) is 16.2. The monoisotopic (exact) mass is 449 g/mol. The summed E-state index contributed by atoms with van der Waals surface area (Å²) in [4.78, 5) is 46.5. The molecule has 1 heterocycles. The molecule has 0 aromatic heterocycles. The van der Waals surface area contributed by atoms with E-state index in [4.69, 9.17) is 14.2 Å². The van der Waals surface area contributed by atoms with E-state index in [-0.39, 0.29) is 30.2 Å². The molecule has 32 heavy (non-hydrogen) atoms. The van der Waals surface area contributed by atoms with Crippen molar-refractivity contribution in [1.82, 2.24) is 16.0 Å². The molecule has 1 unspecified atom stereocenters. The standard InChI is InChI=1S/C22H31N3O7/c1-22(2,3)32-21(29)24-11-13-30-12-10-23-19(27)14-31-16-6-4-15(5-7-16)17-8-9-18(26)25-20(17)28/h4-7,17H,8-14H2,1-3H3,(H,23,27)(H,24,29)(H,25,26,28). The van der Waals surface area contributed by atoms with Crippen molar-refractivity contribution in [3.8, 4) is 5.75 Å². The second-order valence-corrected chi connectivity index (χ2v) is 8.25. The van der Waals surface area contributed by atoms with Gasteiger partial charge in [0.2, 0.25) is 11.8 Å². The van der Waals surface area contributed by atoms with Crippen molar-refractivity contribution in [2.24, 2.45) is 0 Å². The first kappa shape index (κ1) is 25.1. The Labute approximate surface area is 187 Å². The highest BCUT2D eigenvalue weighted by atomic mass is 16.6. The molecule has 1 aromatic carbocycles. The molecular weight excluding hydrogens is 418 g/mol. The maximum absolute atomic E-state index is 11.9. The van der Waals surface area contributed by atoms with Crippen LogP contribution in [0.15, 0.2) is 24.3 Å². The van der Waals surface area contributed by atoms with Crippen molar-refractivity contribution in [2.45, 2.75) is 45.1 Å². The van der Waals surface area contributed by atoms with Gasteiger partial charge in [-0.25, -0.2) is 4.79 Å². The van der Waals surface area contributed by atoms with Crippen molar-refractivity contribution in [1.29, 1.82) is 0 Å². The first-order valence-electron chi connectivity index (χ1n) is 10.5. The molecule has 0 aliphatic carbocycles. The van der Waals surface area contributed by atoms with Gasteiger partial charge in [0, 0.05) is 19.5 Å². The zero-order chi connectivity index (χ0) is 23.6. The van der Waals surface area contributed by atoms with Crippen LogP contribution in [-0.2, 0) is 23.9 Å². The summed E-state index contributed by atoms with van der Waals surface area (Å²) in [7, 11) is 0. The van der Waals surface area contributed by atoms with Crippen molar-refractivity contribution in [3.05, 3.63) is 29.8 Å². The van der Waals surface area contributed by atoms with Crippen LogP contribution in [0, 0.1) is 0 Å². The lowest BCUT2D eigenvalue weighted by molar-refractivity contribution is -0.134. The number of carbonyl (C=O) groups is 4. The number of carbonyl (C=O) groups excluding carboxylic acids is 4. The number of alkyl carbamates (subject to hydrolysis) is 1. The van der Waals surface area contributed by atoms with Crippen LogP contribution < -0.4 is 20.7 Å². The second-order valence-electron chi connectivity index (χ2n) is 8.25. The first-order chi connectivity index (χ1) is 15.1. The number of amides is 4. The minimum atomic E-state index is -0.549. The fraction of sp³-hybridized carbons (Fsp3) is 0.545. The van der Waals surface area contributed by atoms with E-state index in [9.17, 15) is 19.2 Å². The number of nitrogens with one attached hydrogen (secondary N) is 3. The molecule has 1 saturated heterocycles. The summed E-state index contributed by atoms with van der Waals surface area (Å²) in [5.41, 5.74) is 0.248. The van der Waals surface area contributed by atoms with Gasteiger partial charge in [0.15, 0.2) is 6.61 Å². The SMILES string of the molecule is CC(C)(C)OC(=O)NCCOCCNC(=O)COc1ccc(C2CCC(=O)NC2=O)cc1. The van der Waals surface area contributed by atoms with Crippen LogP contribution in [0.2, 0.25) is 0 Å². The summed E-state index contributed by atoms with van der Waals surface area (Å²) in [6.45, 7) is 6.40. The lowest BCUT2D eigenvalue weighted by Crippen LogP contribution is -2.39. The van der Waals surface area contributed by atoms with E-state index in [1.54, 1.807) is 45.0 Å². The topological polar surface area (TPSA) is 132 Å². The predicted molar refractivity (Wildman–Crippen MR) is 115 cm³/mol. The predicted octanol–water partition coefficient (Wildman–Crippen LogP) is 1.24. The highest BCUT2D eigenvalue weighted by molar-refractivity contribution is 6.00. The van der Waals surface area contributed by atoms with Gasteiger partial charge in [-0.15, -0.1) is 0 Å². The molecule has 4 amide bonds. The van der Waals surface area contributed by atoms with Crippen molar-refractivity contribution >= 4 is 23.8 Å². The third kappa shape index (κ3) is 9.34. The fourth-order valence-electron chi connectivity index (χ4n) is 2.91. The minimum Gasteiger partial charge on any atom is -0.484 e. The molecule has 1 aliphatic heterocycles. The Kier molecular flexibility index (Phi) is 9.45. The summed E-state index contributed by atoms with van der Waals surface area (Å²) in [5.74, 6) is -0.697.